The highest BCUT2D eigenvalue weighted by atomic mass is 19.3. The number of rotatable bonds is 2. The predicted octanol–water partition coefficient (Wildman–Crippen LogP) is 3.28. The van der Waals surface area contributed by atoms with Crippen LogP contribution in [0.25, 0.3) is 11.4 Å². The SMILES string of the molecule is Cc1nc(-c2cccc(C(F)F)c2)nc(N)c1C. The zero-order valence-corrected chi connectivity index (χ0v) is 10.1. The second-order valence-corrected chi connectivity index (χ2v) is 4.07. The maximum atomic E-state index is 12.6. The minimum absolute atomic E-state index is 0.0482. The Labute approximate surface area is 104 Å². The van der Waals surface area contributed by atoms with E-state index in [-0.39, 0.29) is 5.56 Å². The highest BCUT2D eigenvalue weighted by Crippen LogP contribution is 2.25. The van der Waals surface area contributed by atoms with E-state index in [1.165, 1.54) is 12.1 Å². The third-order valence-corrected chi connectivity index (χ3v) is 2.82. The Bertz CT molecular complexity index is 559. The summed E-state index contributed by atoms with van der Waals surface area (Å²) in [4.78, 5) is 8.39. The number of hydrogen-bond donors (Lipinski definition) is 1. The standard InChI is InChI=1S/C13H13F2N3/c1-7-8(2)17-13(18-12(7)16)10-5-3-4-9(6-10)11(14)15/h3-6,11H,1-2H3,(H2,16,17,18). The van der Waals surface area contributed by atoms with Crippen LogP contribution in [-0.4, -0.2) is 9.97 Å². The van der Waals surface area contributed by atoms with Crippen molar-refractivity contribution < 1.29 is 8.78 Å². The average Bonchev–Trinajstić information content (AvgIpc) is 2.35. The summed E-state index contributed by atoms with van der Waals surface area (Å²) < 4.78 is 25.2. The van der Waals surface area contributed by atoms with E-state index >= 15 is 0 Å². The van der Waals surface area contributed by atoms with Crippen LogP contribution in [0.15, 0.2) is 24.3 Å². The molecule has 0 fully saturated rings. The van der Waals surface area contributed by atoms with Crippen LogP contribution in [-0.2, 0) is 0 Å². The summed E-state index contributed by atoms with van der Waals surface area (Å²) in [6.45, 7) is 3.64. The van der Waals surface area contributed by atoms with Gasteiger partial charge in [0.2, 0.25) is 0 Å². The van der Waals surface area contributed by atoms with Gasteiger partial charge in [0, 0.05) is 22.4 Å². The number of nitrogens with zero attached hydrogens (tertiary/aromatic N) is 2. The van der Waals surface area contributed by atoms with Gasteiger partial charge in [-0.2, -0.15) is 0 Å². The van der Waals surface area contributed by atoms with E-state index in [2.05, 4.69) is 9.97 Å². The number of benzene rings is 1. The molecule has 0 saturated heterocycles. The molecule has 18 heavy (non-hydrogen) atoms. The van der Waals surface area contributed by atoms with Crippen LogP contribution < -0.4 is 5.73 Å². The highest BCUT2D eigenvalue weighted by Gasteiger charge is 2.11. The molecule has 94 valence electrons. The number of hydrogen-bond acceptors (Lipinski definition) is 3. The average molecular weight is 249 g/mol. The monoisotopic (exact) mass is 249 g/mol. The molecule has 0 radical (unpaired) electrons. The molecule has 0 spiro atoms. The largest absolute Gasteiger partial charge is 0.383 e. The number of aryl methyl sites for hydroxylation is 1. The van der Waals surface area contributed by atoms with Crippen molar-refractivity contribution >= 4 is 5.82 Å². The van der Waals surface area contributed by atoms with Crippen molar-refractivity contribution in [1.29, 1.82) is 0 Å². The lowest BCUT2D eigenvalue weighted by Gasteiger charge is -2.08. The number of anilines is 1. The Kier molecular flexibility index (Phi) is 3.23. The van der Waals surface area contributed by atoms with Gasteiger partial charge in [-0.3, -0.25) is 0 Å². The first-order valence-electron chi connectivity index (χ1n) is 5.48. The van der Waals surface area contributed by atoms with Gasteiger partial charge in [0.25, 0.3) is 6.43 Å². The fourth-order valence-electron chi connectivity index (χ4n) is 1.59. The van der Waals surface area contributed by atoms with Crippen LogP contribution in [0.1, 0.15) is 23.2 Å². The van der Waals surface area contributed by atoms with E-state index in [0.717, 1.165) is 11.3 Å². The second-order valence-electron chi connectivity index (χ2n) is 4.07. The third-order valence-electron chi connectivity index (χ3n) is 2.82. The summed E-state index contributed by atoms with van der Waals surface area (Å²) in [6, 6.07) is 6.01. The Hall–Kier alpha value is -2.04. The van der Waals surface area contributed by atoms with Gasteiger partial charge in [-0.05, 0) is 19.9 Å². The van der Waals surface area contributed by atoms with Gasteiger partial charge in [-0.1, -0.05) is 18.2 Å². The number of alkyl halides is 2. The van der Waals surface area contributed by atoms with Crippen molar-refractivity contribution in [1.82, 2.24) is 9.97 Å². The van der Waals surface area contributed by atoms with Gasteiger partial charge in [0.05, 0.1) is 0 Å². The minimum Gasteiger partial charge on any atom is -0.383 e. The molecule has 0 atom stereocenters. The molecule has 5 heteroatoms. The lowest BCUT2D eigenvalue weighted by Crippen LogP contribution is -2.02. The normalized spacial score (nSPS) is 10.9. The van der Waals surface area contributed by atoms with Crippen LogP contribution in [0, 0.1) is 13.8 Å². The molecule has 0 bridgehead atoms. The molecule has 1 heterocycles. The van der Waals surface area contributed by atoms with Crippen LogP contribution >= 0.6 is 0 Å². The maximum Gasteiger partial charge on any atom is 0.263 e. The summed E-state index contributed by atoms with van der Waals surface area (Å²) in [6.07, 6.45) is -2.51. The lowest BCUT2D eigenvalue weighted by molar-refractivity contribution is 0.151. The Balaban J connectivity index is 2.52. The molecule has 0 saturated carbocycles. The molecular weight excluding hydrogens is 236 g/mol. The first kappa shape index (κ1) is 12.4. The van der Waals surface area contributed by atoms with Gasteiger partial charge in [-0.25, -0.2) is 18.7 Å². The summed E-state index contributed by atoms with van der Waals surface area (Å²) in [5.41, 5.74) is 7.81. The number of halogens is 2. The minimum atomic E-state index is -2.51. The lowest BCUT2D eigenvalue weighted by atomic mass is 10.1. The molecule has 0 amide bonds. The van der Waals surface area contributed by atoms with Gasteiger partial charge in [-0.15, -0.1) is 0 Å². The quantitative estimate of drug-likeness (QED) is 0.888. The van der Waals surface area contributed by atoms with Crippen LogP contribution in [0.4, 0.5) is 14.6 Å². The van der Waals surface area contributed by atoms with Gasteiger partial charge < -0.3 is 5.73 Å². The molecule has 1 aromatic carbocycles. The van der Waals surface area contributed by atoms with E-state index in [1.54, 1.807) is 12.1 Å². The molecule has 2 rings (SSSR count). The highest BCUT2D eigenvalue weighted by molar-refractivity contribution is 5.59. The first-order chi connectivity index (χ1) is 8.49. The number of aromatic nitrogens is 2. The molecule has 1 aromatic heterocycles. The molecule has 3 nitrogen and oxygen atoms in total. The van der Waals surface area contributed by atoms with E-state index in [9.17, 15) is 8.78 Å². The van der Waals surface area contributed by atoms with Crippen molar-refractivity contribution in [2.75, 3.05) is 5.73 Å². The summed E-state index contributed by atoms with van der Waals surface area (Å²) in [5, 5.41) is 0. The van der Waals surface area contributed by atoms with Crippen LogP contribution in [0.5, 0.6) is 0 Å². The van der Waals surface area contributed by atoms with E-state index in [4.69, 9.17) is 5.73 Å². The van der Waals surface area contributed by atoms with Crippen molar-refractivity contribution in [2.24, 2.45) is 0 Å². The van der Waals surface area contributed by atoms with Crippen molar-refractivity contribution in [3.8, 4) is 11.4 Å². The smallest absolute Gasteiger partial charge is 0.263 e. The van der Waals surface area contributed by atoms with E-state index in [0.29, 0.717) is 17.2 Å². The zero-order valence-electron chi connectivity index (χ0n) is 10.1. The molecule has 0 aliphatic rings. The molecule has 2 N–H and O–H groups in total. The van der Waals surface area contributed by atoms with E-state index < -0.39 is 6.43 Å². The van der Waals surface area contributed by atoms with Gasteiger partial charge >= 0.3 is 0 Å². The van der Waals surface area contributed by atoms with Crippen LogP contribution in [0.2, 0.25) is 0 Å². The zero-order chi connectivity index (χ0) is 13.3. The second kappa shape index (κ2) is 4.68. The topological polar surface area (TPSA) is 51.8 Å². The molecular formula is C13H13F2N3. The maximum absolute atomic E-state index is 12.6. The van der Waals surface area contributed by atoms with Crippen molar-refractivity contribution in [3.05, 3.63) is 41.1 Å². The van der Waals surface area contributed by atoms with E-state index in [1.807, 2.05) is 13.8 Å². The summed E-state index contributed by atoms with van der Waals surface area (Å²) in [5.74, 6) is 0.748. The summed E-state index contributed by atoms with van der Waals surface area (Å²) in [7, 11) is 0. The molecule has 2 aromatic rings. The Morgan fingerprint density at radius 3 is 2.50 bits per heavy atom. The third kappa shape index (κ3) is 2.30. The number of nitrogens with two attached hydrogens (primary N) is 1. The van der Waals surface area contributed by atoms with Gasteiger partial charge in [0.1, 0.15) is 5.82 Å². The molecule has 0 aliphatic heterocycles. The fourth-order valence-corrected chi connectivity index (χ4v) is 1.59. The molecule has 0 aliphatic carbocycles. The van der Waals surface area contributed by atoms with Crippen molar-refractivity contribution in [2.45, 2.75) is 20.3 Å². The Morgan fingerprint density at radius 2 is 1.89 bits per heavy atom. The summed E-state index contributed by atoms with van der Waals surface area (Å²) >= 11 is 0. The number of nitrogen functional groups attached to an aromatic ring is 1. The predicted molar refractivity (Wildman–Crippen MR) is 66.3 cm³/mol. The first-order valence-corrected chi connectivity index (χ1v) is 5.48. The van der Waals surface area contributed by atoms with Crippen molar-refractivity contribution in [3.63, 3.8) is 0 Å². The van der Waals surface area contributed by atoms with Crippen LogP contribution in [0.3, 0.4) is 0 Å². The Morgan fingerprint density at radius 1 is 1.17 bits per heavy atom. The van der Waals surface area contributed by atoms with Gasteiger partial charge in [0.15, 0.2) is 5.82 Å². The molecule has 0 unspecified atom stereocenters. The fraction of sp³-hybridized carbons (Fsp3) is 0.231.